The second-order valence-electron chi connectivity index (χ2n) is 6.47. The molecule has 0 unspecified atom stereocenters. The molecule has 1 aromatic rings. The molecular weight excluding hydrogens is 300 g/mol. The summed E-state index contributed by atoms with van der Waals surface area (Å²) >= 11 is 0. The standard InChI is InChI=1S/C16H25N2O3S/c1-16(2,3)17(4)13-14-7-5-6-8-15(14)22(19,20)18-9-11-21-12-10-18/h5-8,13H,9-12H2,1-4H3/q+1/b17-13-. The van der Waals surface area contributed by atoms with Crippen molar-refractivity contribution >= 4 is 16.2 Å². The number of rotatable bonds is 3. The summed E-state index contributed by atoms with van der Waals surface area (Å²) in [7, 11) is -1.53. The van der Waals surface area contributed by atoms with Crippen LogP contribution in [0.25, 0.3) is 0 Å². The Hall–Kier alpha value is -1.24. The molecule has 1 saturated heterocycles. The van der Waals surface area contributed by atoms with Gasteiger partial charge in [-0.05, 0) is 32.9 Å². The topological polar surface area (TPSA) is 49.6 Å². The van der Waals surface area contributed by atoms with Gasteiger partial charge < -0.3 is 4.74 Å². The van der Waals surface area contributed by atoms with Gasteiger partial charge in [-0.3, -0.25) is 0 Å². The zero-order valence-electron chi connectivity index (χ0n) is 13.7. The third-order valence-corrected chi connectivity index (χ3v) is 5.87. The molecule has 6 heteroatoms. The molecule has 0 spiro atoms. The Morgan fingerprint density at radius 2 is 1.77 bits per heavy atom. The maximum Gasteiger partial charge on any atom is 0.244 e. The van der Waals surface area contributed by atoms with Crippen LogP contribution in [0.2, 0.25) is 0 Å². The molecule has 1 aliphatic rings. The summed E-state index contributed by atoms with van der Waals surface area (Å²) in [4.78, 5) is 0.355. The first-order valence-corrected chi connectivity index (χ1v) is 8.91. The van der Waals surface area contributed by atoms with E-state index in [0.29, 0.717) is 36.8 Å². The van der Waals surface area contributed by atoms with Crippen molar-refractivity contribution in [3.05, 3.63) is 29.8 Å². The highest BCUT2D eigenvalue weighted by Gasteiger charge is 2.29. The van der Waals surface area contributed by atoms with Gasteiger partial charge in [0, 0.05) is 13.1 Å². The molecule has 1 aliphatic heterocycles. The van der Waals surface area contributed by atoms with Crippen molar-refractivity contribution in [3.63, 3.8) is 0 Å². The number of hydrogen-bond donors (Lipinski definition) is 0. The van der Waals surface area contributed by atoms with Crippen molar-refractivity contribution in [2.24, 2.45) is 0 Å². The molecule has 0 bridgehead atoms. The van der Waals surface area contributed by atoms with Gasteiger partial charge in [-0.1, -0.05) is 12.1 Å². The van der Waals surface area contributed by atoms with E-state index in [4.69, 9.17) is 4.74 Å². The van der Waals surface area contributed by atoms with E-state index < -0.39 is 10.0 Å². The molecule has 122 valence electrons. The summed E-state index contributed by atoms with van der Waals surface area (Å²) in [6.45, 7) is 7.98. The zero-order chi connectivity index (χ0) is 16.4. The second-order valence-corrected chi connectivity index (χ2v) is 8.37. The van der Waals surface area contributed by atoms with Gasteiger partial charge in [0.05, 0.1) is 23.7 Å². The van der Waals surface area contributed by atoms with Crippen LogP contribution in [0, 0.1) is 0 Å². The van der Waals surface area contributed by atoms with Crippen LogP contribution >= 0.6 is 0 Å². The molecule has 1 heterocycles. The maximum atomic E-state index is 12.9. The Morgan fingerprint density at radius 3 is 2.36 bits per heavy atom. The van der Waals surface area contributed by atoms with Crippen LogP contribution < -0.4 is 0 Å². The van der Waals surface area contributed by atoms with Crippen LogP contribution in [-0.4, -0.2) is 62.4 Å². The van der Waals surface area contributed by atoms with Crippen LogP contribution in [0.5, 0.6) is 0 Å². The van der Waals surface area contributed by atoms with E-state index in [9.17, 15) is 8.42 Å². The first-order chi connectivity index (χ1) is 10.2. The lowest BCUT2D eigenvalue weighted by molar-refractivity contribution is -0.565. The molecule has 0 aromatic heterocycles. The summed E-state index contributed by atoms with van der Waals surface area (Å²) < 4.78 is 34.5. The van der Waals surface area contributed by atoms with Crippen molar-refractivity contribution in [3.8, 4) is 0 Å². The lowest BCUT2D eigenvalue weighted by Crippen LogP contribution is -2.41. The van der Waals surface area contributed by atoms with Gasteiger partial charge in [0.15, 0.2) is 11.8 Å². The van der Waals surface area contributed by atoms with Crippen LogP contribution in [0.1, 0.15) is 26.3 Å². The van der Waals surface area contributed by atoms with Gasteiger partial charge in [-0.25, -0.2) is 13.0 Å². The number of ether oxygens (including phenoxy) is 1. The Bertz CT molecular complexity index is 654. The number of sulfonamides is 1. The van der Waals surface area contributed by atoms with Crippen molar-refractivity contribution in [2.75, 3.05) is 33.4 Å². The summed E-state index contributed by atoms with van der Waals surface area (Å²) in [5.41, 5.74) is 0.641. The molecule has 0 saturated carbocycles. The molecular formula is C16H25N2O3S+. The van der Waals surface area contributed by atoms with E-state index in [1.165, 1.54) is 4.31 Å². The highest BCUT2D eigenvalue weighted by atomic mass is 32.2. The Morgan fingerprint density at radius 1 is 1.18 bits per heavy atom. The fraction of sp³-hybridized carbons (Fsp3) is 0.562. The first-order valence-electron chi connectivity index (χ1n) is 7.47. The van der Waals surface area contributed by atoms with Crippen LogP contribution in [0.4, 0.5) is 0 Å². The average molecular weight is 325 g/mol. The molecule has 2 rings (SSSR count). The highest BCUT2D eigenvalue weighted by Crippen LogP contribution is 2.20. The van der Waals surface area contributed by atoms with Gasteiger partial charge in [0.25, 0.3) is 0 Å². The van der Waals surface area contributed by atoms with E-state index in [1.54, 1.807) is 12.1 Å². The largest absolute Gasteiger partial charge is 0.379 e. The van der Waals surface area contributed by atoms with E-state index in [1.807, 2.05) is 30.0 Å². The summed E-state index contributed by atoms with van der Waals surface area (Å²) in [5.74, 6) is 0. The Kier molecular flexibility index (Phi) is 5.04. The van der Waals surface area contributed by atoms with Crippen molar-refractivity contribution in [1.29, 1.82) is 0 Å². The van der Waals surface area contributed by atoms with Gasteiger partial charge in [-0.2, -0.15) is 4.31 Å². The SMILES string of the molecule is C/[N+](=C/c1ccccc1S(=O)(=O)N1CCOCC1)C(C)(C)C. The third-order valence-electron chi connectivity index (χ3n) is 3.90. The molecule has 1 aromatic carbocycles. The number of hydrogen-bond acceptors (Lipinski definition) is 3. The minimum absolute atomic E-state index is 0.0736. The fourth-order valence-electron chi connectivity index (χ4n) is 2.15. The van der Waals surface area contributed by atoms with Gasteiger partial charge >= 0.3 is 0 Å². The Balaban J connectivity index is 2.44. The minimum Gasteiger partial charge on any atom is -0.379 e. The molecule has 0 atom stereocenters. The van der Waals surface area contributed by atoms with Gasteiger partial charge in [0.1, 0.15) is 7.05 Å². The molecule has 0 aliphatic carbocycles. The molecule has 5 nitrogen and oxygen atoms in total. The van der Waals surface area contributed by atoms with Crippen molar-refractivity contribution < 1.29 is 17.7 Å². The lowest BCUT2D eigenvalue weighted by Gasteiger charge is -2.26. The van der Waals surface area contributed by atoms with E-state index in [0.717, 1.165) is 0 Å². The highest BCUT2D eigenvalue weighted by molar-refractivity contribution is 7.89. The second kappa shape index (κ2) is 6.48. The fourth-order valence-corrected chi connectivity index (χ4v) is 3.73. The molecule has 1 fully saturated rings. The van der Waals surface area contributed by atoms with Gasteiger partial charge in [-0.15, -0.1) is 0 Å². The average Bonchev–Trinajstić information content (AvgIpc) is 2.47. The van der Waals surface area contributed by atoms with Gasteiger partial charge in [0.2, 0.25) is 10.0 Å². The zero-order valence-corrected chi connectivity index (χ0v) is 14.6. The molecule has 0 amide bonds. The number of benzene rings is 1. The predicted octanol–water partition coefficient (Wildman–Crippen LogP) is 1.57. The summed E-state index contributed by atoms with van der Waals surface area (Å²) in [6.07, 6.45) is 1.90. The summed E-state index contributed by atoms with van der Waals surface area (Å²) in [6, 6.07) is 7.14. The predicted molar refractivity (Wildman–Crippen MR) is 87.1 cm³/mol. The van der Waals surface area contributed by atoms with Crippen LogP contribution in [-0.2, 0) is 14.8 Å². The van der Waals surface area contributed by atoms with Crippen molar-refractivity contribution in [1.82, 2.24) is 4.31 Å². The smallest absolute Gasteiger partial charge is 0.244 e. The maximum absolute atomic E-state index is 12.9. The third kappa shape index (κ3) is 3.74. The lowest BCUT2D eigenvalue weighted by atomic mass is 10.1. The molecule has 0 radical (unpaired) electrons. The number of nitrogens with zero attached hydrogens (tertiary/aromatic N) is 2. The van der Waals surface area contributed by atoms with Crippen molar-refractivity contribution in [2.45, 2.75) is 31.2 Å². The molecule has 22 heavy (non-hydrogen) atoms. The first kappa shape index (κ1) is 17.1. The van der Waals surface area contributed by atoms with Crippen LogP contribution in [0.3, 0.4) is 0 Å². The molecule has 0 N–H and O–H groups in total. The van der Waals surface area contributed by atoms with E-state index >= 15 is 0 Å². The summed E-state index contributed by atoms with van der Waals surface area (Å²) in [5, 5.41) is 0. The minimum atomic E-state index is -3.49. The normalized spacial score (nSPS) is 18.5. The number of morpholine rings is 1. The monoisotopic (exact) mass is 325 g/mol. The van der Waals surface area contributed by atoms with E-state index in [-0.39, 0.29) is 5.54 Å². The van der Waals surface area contributed by atoms with Crippen LogP contribution in [0.15, 0.2) is 29.2 Å². The van der Waals surface area contributed by atoms with E-state index in [2.05, 4.69) is 20.8 Å². The quantitative estimate of drug-likeness (QED) is 0.626. The Labute approximate surface area is 133 Å².